The maximum atomic E-state index is 12.4. The number of carbonyl (C=O) groups excluding carboxylic acids is 1. The summed E-state index contributed by atoms with van der Waals surface area (Å²) in [6, 6.07) is 10.4. The summed E-state index contributed by atoms with van der Waals surface area (Å²) in [6.45, 7) is 1.82. The Labute approximate surface area is 148 Å². The normalized spacial score (nSPS) is 10.5. The van der Waals surface area contributed by atoms with E-state index < -0.39 is 0 Å². The van der Waals surface area contributed by atoms with E-state index in [1.165, 1.54) is 6.20 Å². The van der Waals surface area contributed by atoms with Crippen molar-refractivity contribution in [3.05, 3.63) is 70.4 Å². The summed E-state index contributed by atoms with van der Waals surface area (Å²) in [5, 5.41) is 3.58. The lowest BCUT2D eigenvalue weighted by Crippen LogP contribution is -2.15. The van der Waals surface area contributed by atoms with Crippen molar-refractivity contribution in [2.45, 2.75) is 6.92 Å². The van der Waals surface area contributed by atoms with Gasteiger partial charge in [0, 0.05) is 18.1 Å². The molecule has 0 aliphatic carbocycles. The Kier molecular flexibility index (Phi) is 4.74. The van der Waals surface area contributed by atoms with E-state index in [1.54, 1.807) is 30.5 Å². The molecule has 7 heteroatoms. The second-order valence-electron chi connectivity index (χ2n) is 5.07. The molecule has 24 heavy (non-hydrogen) atoms. The van der Waals surface area contributed by atoms with E-state index in [0.717, 1.165) is 16.8 Å². The first kappa shape index (κ1) is 16.4. The van der Waals surface area contributed by atoms with E-state index in [-0.39, 0.29) is 11.6 Å². The van der Waals surface area contributed by atoms with Crippen LogP contribution in [0.1, 0.15) is 16.2 Å². The molecule has 0 fully saturated rings. The number of hydrogen-bond donors (Lipinski definition) is 1. The summed E-state index contributed by atoms with van der Waals surface area (Å²) in [4.78, 5) is 24.7. The molecule has 0 aromatic carbocycles. The summed E-state index contributed by atoms with van der Waals surface area (Å²) in [6.07, 6.45) is 3.08. The van der Waals surface area contributed by atoms with Crippen molar-refractivity contribution in [2.24, 2.45) is 0 Å². The molecule has 0 bridgehead atoms. The fourth-order valence-electron chi connectivity index (χ4n) is 2.16. The summed E-state index contributed by atoms with van der Waals surface area (Å²) >= 11 is 11.7. The van der Waals surface area contributed by atoms with E-state index in [2.05, 4.69) is 20.3 Å². The Balaban J connectivity index is 1.90. The van der Waals surface area contributed by atoms with Gasteiger partial charge in [-0.15, -0.1) is 0 Å². The van der Waals surface area contributed by atoms with Crippen LogP contribution in [0.4, 0.5) is 5.82 Å². The van der Waals surface area contributed by atoms with Gasteiger partial charge >= 0.3 is 0 Å². The average molecular weight is 359 g/mol. The van der Waals surface area contributed by atoms with Crippen molar-refractivity contribution in [1.82, 2.24) is 15.0 Å². The minimum Gasteiger partial charge on any atom is -0.305 e. The molecule has 1 amide bonds. The van der Waals surface area contributed by atoms with Crippen LogP contribution in [-0.2, 0) is 0 Å². The quantitative estimate of drug-likeness (QED) is 0.704. The van der Waals surface area contributed by atoms with E-state index in [0.29, 0.717) is 16.0 Å². The van der Waals surface area contributed by atoms with Crippen LogP contribution in [-0.4, -0.2) is 20.9 Å². The van der Waals surface area contributed by atoms with Gasteiger partial charge in [0.25, 0.3) is 5.91 Å². The maximum Gasteiger partial charge on any atom is 0.275 e. The van der Waals surface area contributed by atoms with Crippen molar-refractivity contribution >= 4 is 34.9 Å². The Bertz CT molecular complexity index is 897. The van der Waals surface area contributed by atoms with Crippen LogP contribution in [0.25, 0.3) is 11.1 Å². The zero-order chi connectivity index (χ0) is 17.1. The summed E-state index contributed by atoms with van der Waals surface area (Å²) in [5.74, 6) is 0.0520. The SMILES string of the molecule is Cc1cc(-c2ccnc(Cl)c2)cc(C(=O)Nc2ccc(Cl)cn2)n1. The zero-order valence-electron chi connectivity index (χ0n) is 12.6. The van der Waals surface area contributed by atoms with Crippen molar-refractivity contribution in [3.8, 4) is 11.1 Å². The van der Waals surface area contributed by atoms with Gasteiger partial charge in [-0.05, 0) is 54.4 Å². The van der Waals surface area contributed by atoms with Crippen molar-refractivity contribution < 1.29 is 4.79 Å². The number of aromatic nitrogens is 3. The Morgan fingerprint density at radius 3 is 2.58 bits per heavy atom. The van der Waals surface area contributed by atoms with E-state index in [9.17, 15) is 4.79 Å². The Morgan fingerprint density at radius 2 is 1.88 bits per heavy atom. The number of nitrogens with zero attached hydrogens (tertiary/aromatic N) is 3. The molecular formula is C17H12Cl2N4O. The Hall–Kier alpha value is -2.50. The predicted molar refractivity (Wildman–Crippen MR) is 94.4 cm³/mol. The predicted octanol–water partition coefficient (Wildman–Crippen LogP) is 4.41. The third-order valence-electron chi connectivity index (χ3n) is 3.21. The molecule has 5 nitrogen and oxygen atoms in total. The van der Waals surface area contributed by atoms with Gasteiger partial charge in [0.05, 0.1) is 5.02 Å². The van der Waals surface area contributed by atoms with Crippen LogP contribution < -0.4 is 5.32 Å². The number of amides is 1. The first-order chi connectivity index (χ1) is 11.5. The molecular weight excluding hydrogens is 347 g/mol. The van der Waals surface area contributed by atoms with Crippen LogP contribution in [0.3, 0.4) is 0 Å². The number of rotatable bonds is 3. The van der Waals surface area contributed by atoms with Gasteiger partial charge in [0.15, 0.2) is 0 Å². The van der Waals surface area contributed by atoms with Gasteiger partial charge in [0.1, 0.15) is 16.7 Å². The smallest absolute Gasteiger partial charge is 0.275 e. The van der Waals surface area contributed by atoms with Crippen LogP contribution in [0, 0.1) is 6.92 Å². The Morgan fingerprint density at radius 1 is 1.04 bits per heavy atom. The summed E-state index contributed by atoms with van der Waals surface area (Å²) < 4.78 is 0. The molecule has 0 spiro atoms. The molecule has 0 aliphatic rings. The number of carbonyl (C=O) groups is 1. The highest BCUT2D eigenvalue weighted by Gasteiger charge is 2.12. The molecule has 0 aliphatic heterocycles. The first-order valence-electron chi connectivity index (χ1n) is 7.05. The monoisotopic (exact) mass is 358 g/mol. The maximum absolute atomic E-state index is 12.4. The molecule has 0 unspecified atom stereocenters. The fraction of sp³-hybridized carbons (Fsp3) is 0.0588. The molecule has 0 radical (unpaired) electrons. The molecule has 3 heterocycles. The van der Waals surface area contributed by atoms with E-state index >= 15 is 0 Å². The van der Waals surface area contributed by atoms with Crippen LogP contribution >= 0.6 is 23.2 Å². The van der Waals surface area contributed by atoms with Gasteiger partial charge < -0.3 is 5.32 Å². The third kappa shape index (κ3) is 3.88. The van der Waals surface area contributed by atoms with Gasteiger partial charge in [0.2, 0.25) is 0 Å². The van der Waals surface area contributed by atoms with Gasteiger partial charge in [-0.25, -0.2) is 15.0 Å². The minimum absolute atomic E-state index is 0.287. The lowest BCUT2D eigenvalue weighted by Gasteiger charge is -2.08. The number of aryl methyl sites for hydroxylation is 1. The number of anilines is 1. The zero-order valence-corrected chi connectivity index (χ0v) is 14.1. The summed E-state index contributed by atoms with van der Waals surface area (Å²) in [7, 11) is 0. The molecule has 120 valence electrons. The van der Waals surface area contributed by atoms with Crippen molar-refractivity contribution in [3.63, 3.8) is 0 Å². The molecule has 0 saturated carbocycles. The molecule has 3 rings (SSSR count). The van der Waals surface area contributed by atoms with Crippen LogP contribution in [0.5, 0.6) is 0 Å². The highest BCUT2D eigenvalue weighted by Crippen LogP contribution is 2.23. The van der Waals surface area contributed by atoms with E-state index in [4.69, 9.17) is 23.2 Å². The fourth-order valence-corrected chi connectivity index (χ4v) is 2.45. The number of halogens is 2. The first-order valence-corrected chi connectivity index (χ1v) is 7.80. The number of hydrogen-bond acceptors (Lipinski definition) is 4. The second-order valence-corrected chi connectivity index (χ2v) is 5.89. The average Bonchev–Trinajstić information content (AvgIpc) is 2.56. The van der Waals surface area contributed by atoms with Crippen molar-refractivity contribution in [1.29, 1.82) is 0 Å². The number of nitrogens with one attached hydrogen (secondary N) is 1. The molecule has 3 aromatic rings. The molecule has 3 aromatic heterocycles. The molecule has 0 saturated heterocycles. The summed E-state index contributed by atoms with van der Waals surface area (Å²) in [5.41, 5.74) is 2.70. The second kappa shape index (κ2) is 6.95. The third-order valence-corrected chi connectivity index (χ3v) is 3.65. The lowest BCUT2D eigenvalue weighted by molar-refractivity contribution is 0.102. The molecule has 0 atom stereocenters. The van der Waals surface area contributed by atoms with Gasteiger partial charge in [-0.3, -0.25) is 4.79 Å². The molecule has 1 N–H and O–H groups in total. The topological polar surface area (TPSA) is 67.8 Å². The van der Waals surface area contributed by atoms with Crippen LogP contribution in [0.2, 0.25) is 10.2 Å². The van der Waals surface area contributed by atoms with E-state index in [1.807, 2.05) is 19.1 Å². The van der Waals surface area contributed by atoms with Crippen LogP contribution in [0.15, 0.2) is 48.8 Å². The van der Waals surface area contributed by atoms with Gasteiger partial charge in [-0.2, -0.15) is 0 Å². The largest absolute Gasteiger partial charge is 0.305 e. The number of pyridine rings is 3. The van der Waals surface area contributed by atoms with Crippen molar-refractivity contribution in [2.75, 3.05) is 5.32 Å². The standard InChI is InChI=1S/C17H12Cl2N4O/c1-10-6-12(11-4-5-20-15(19)8-11)7-14(22-10)17(24)23-16-3-2-13(18)9-21-16/h2-9H,1H3,(H,21,23,24). The highest BCUT2D eigenvalue weighted by molar-refractivity contribution is 6.30. The lowest BCUT2D eigenvalue weighted by atomic mass is 10.1. The minimum atomic E-state index is -0.352. The highest BCUT2D eigenvalue weighted by atomic mass is 35.5. The van der Waals surface area contributed by atoms with Gasteiger partial charge in [-0.1, -0.05) is 23.2 Å².